The van der Waals surface area contributed by atoms with Gasteiger partial charge >= 0.3 is 0 Å². The molecule has 1 aromatic heterocycles. The maximum Gasteiger partial charge on any atom is 0.216 e. The molecule has 1 amide bonds. The Morgan fingerprint density at radius 2 is 2.10 bits per heavy atom. The van der Waals surface area contributed by atoms with Crippen LogP contribution in [0.2, 0.25) is 0 Å². The van der Waals surface area contributed by atoms with E-state index in [9.17, 15) is 20.1 Å². The number of hydrogen-bond acceptors (Lipinski definition) is 6. The van der Waals surface area contributed by atoms with Gasteiger partial charge in [0, 0.05) is 32.4 Å². The Balaban J connectivity index is 2.16. The first-order valence-corrected chi connectivity index (χ1v) is 6.90. The molecule has 0 radical (unpaired) electrons. The molecule has 0 bridgehead atoms. The number of carbonyl (C=O) groups excluding carboxylic acids is 1. The number of nitrogens with one attached hydrogen (secondary N) is 1. The van der Waals surface area contributed by atoms with Crippen LogP contribution in [-0.4, -0.2) is 68.6 Å². The number of hydrogen-bond donors (Lipinski definition) is 4. The number of likely N-dealkylation sites (tertiary alicyclic amines) is 1. The van der Waals surface area contributed by atoms with Crippen molar-refractivity contribution in [2.45, 2.75) is 37.8 Å². The minimum Gasteiger partial charge on any atom is -0.395 e. The van der Waals surface area contributed by atoms with Crippen LogP contribution in [0.4, 0.5) is 0 Å². The van der Waals surface area contributed by atoms with Crippen LogP contribution in [0.5, 0.6) is 0 Å². The van der Waals surface area contributed by atoms with Gasteiger partial charge in [-0.1, -0.05) is 6.07 Å². The van der Waals surface area contributed by atoms with Gasteiger partial charge in [-0.15, -0.1) is 0 Å². The lowest BCUT2D eigenvalue weighted by atomic mass is 10.1. The monoisotopic (exact) mass is 295 g/mol. The van der Waals surface area contributed by atoms with E-state index in [4.69, 9.17) is 0 Å². The molecule has 1 fully saturated rings. The van der Waals surface area contributed by atoms with Gasteiger partial charge in [0.05, 0.1) is 30.9 Å². The highest BCUT2D eigenvalue weighted by molar-refractivity contribution is 5.72. The van der Waals surface area contributed by atoms with Gasteiger partial charge in [-0.2, -0.15) is 0 Å². The molecule has 2 rings (SSSR count). The van der Waals surface area contributed by atoms with Crippen LogP contribution in [-0.2, 0) is 11.3 Å². The summed E-state index contributed by atoms with van der Waals surface area (Å²) in [5.74, 6) is -0.203. The molecule has 4 atom stereocenters. The number of carbonyl (C=O) groups is 1. The van der Waals surface area contributed by atoms with E-state index in [1.807, 2.05) is 11.0 Å². The summed E-state index contributed by atoms with van der Waals surface area (Å²) >= 11 is 0. The molecule has 7 heteroatoms. The van der Waals surface area contributed by atoms with Crippen molar-refractivity contribution in [3.63, 3.8) is 0 Å². The maximum atomic E-state index is 11.1. The lowest BCUT2D eigenvalue weighted by Crippen LogP contribution is -2.46. The van der Waals surface area contributed by atoms with Crippen molar-refractivity contribution in [3.8, 4) is 0 Å². The normalized spacial score (nSPS) is 29.5. The smallest absolute Gasteiger partial charge is 0.216 e. The van der Waals surface area contributed by atoms with Crippen LogP contribution in [0.3, 0.4) is 0 Å². The Morgan fingerprint density at radius 1 is 1.38 bits per heavy atom. The summed E-state index contributed by atoms with van der Waals surface area (Å²) in [6.45, 7) is 1.77. The molecule has 116 valence electrons. The summed E-state index contributed by atoms with van der Waals surface area (Å²) in [6, 6.07) is 2.66. The summed E-state index contributed by atoms with van der Waals surface area (Å²) in [5.41, 5.74) is 0.907. The van der Waals surface area contributed by atoms with Gasteiger partial charge in [-0.3, -0.25) is 14.7 Å². The third kappa shape index (κ3) is 3.56. The van der Waals surface area contributed by atoms with Crippen molar-refractivity contribution < 1.29 is 20.1 Å². The number of aliphatic hydroxyl groups is 3. The average Bonchev–Trinajstić information content (AvgIpc) is 2.69. The molecule has 0 unspecified atom stereocenters. The molecule has 0 aromatic carbocycles. The van der Waals surface area contributed by atoms with Crippen LogP contribution < -0.4 is 5.32 Å². The molecule has 0 spiro atoms. The summed E-state index contributed by atoms with van der Waals surface area (Å²) in [7, 11) is 0. The number of rotatable bonds is 5. The summed E-state index contributed by atoms with van der Waals surface area (Å²) in [4.78, 5) is 16.9. The molecule has 7 nitrogen and oxygen atoms in total. The molecule has 1 saturated heterocycles. The second-order valence-corrected chi connectivity index (χ2v) is 5.27. The van der Waals surface area contributed by atoms with Crippen LogP contribution in [0.25, 0.3) is 0 Å². The van der Waals surface area contributed by atoms with Gasteiger partial charge in [0.15, 0.2) is 0 Å². The van der Waals surface area contributed by atoms with Crippen LogP contribution in [0, 0.1) is 0 Å². The topological polar surface area (TPSA) is 106 Å². The van der Waals surface area contributed by atoms with Crippen molar-refractivity contribution in [1.29, 1.82) is 0 Å². The molecule has 1 aromatic rings. The average molecular weight is 295 g/mol. The Hall–Kier alpha value is -1.54. The largest absolute Gasteiger partial charge is 0.395 e. The Labute approximate surface area is 123 Å². The van der Waals surface area contributed by atoms with Crippen LogP contribution in [0.15, 0.2) is 24.5 Å². The van der Waals surface area contributed by atoms with E-state index in [0.29, 0.717) is 6.54 Å². The SMILES string of the molecule is CC(=O)NC[C@@H]1[C@@H](O)[C@H](O)[C@@H](CO)N1Cc1cccnc1. The Morgan fingerprint density at radius 3 is 2.67 bits per heavy atom. The number of nitrogens with zero attached hydrogens (tertiary/aromatic N) is 2. The second kappa shape index (κ2) is 6.95. The fourth-order valence-corrected chi connectivity index (χ4v) is 2.73. The van der Waals surface area contributed by atoms with E-state index in [2.05, 4.69) is 10.3 Å². The van der Waals surface area contributed by atoms with E-state index < -0.39 is 24.3 Å². The second-order valence-electron chi connectivity index (χ2n) is 5.27. The van der Waals surface area contributed by atoms with Crippen molar-refractivity contribution >= 4 is 5.91 Å². The summed E-state index contributed by atoms with van der Waals surface area (Å²) < 4.78 is 0. The molecular weight excluding hydrogens is 274 g/mol. The van der Waals surface area contributed by atoms with Crippen molar-refractivity contribution in [3.05, 3.63) is 30.1 Å². The van der Waals surface area contributed by atoms with E-state index in [1.54, 1.807) is 18.5 Å². The highest BCUT2D eigenvalue weighted by Crippen LogP contribution is 2.26. The van der Waals surface area contributed by atoms with Crippen molar-refractivity contribution in [2.24, 2.45) is 0 Å². The van der Waals surface area contributed by atoms with Crippen molar-refractivity contribution in [2.75, 3.05) is 13.2 Å². The van der Waals surface area contributed by atoms with Crippen molar-refractivity contribution in [1.82, 2.24) is 15.2 Å². The number of aliphatic hydroxyl groups excluding tert-OH is 3. The lowest BCUT2D eigenvalue weighted by molar-refractivity contribution is -0.119. The van der Waals surface area contributed by atoms with Crippen LogP contribution in [0.1, 0.15) is 12.5 Å². The summed E-state index contributed by atoms with van der Waals surface area (Å²) in [6.07, 6.45) is 1.28. The molecule has 1 aliphatic rings. The fraction of sp³-hybridized carbons (Fsp3) is 0.571. The molecule has 0 aliphatic carbocycles. The first-order chi connectivity index (χ1) is 10.0. The summed E-state index contributed by atoms with van der Waals surface area (Å²) in [5, 5.41) is 32.3. The third-order valence-corrected chi connectivity index (χ3v) is 3.83. The van der Waals surface area contributed by atoms with E-state index in [1.165, 1.54) is 6.92 Å². The molecule has 0 saturated carbocycles. The predicted molar refractivity (Wildman–Crippen MR) is 75.1 cm³/mol. The van der Waals surface area contributed by atoms with Gasteiger partial charge in [-0.25, -0.2) is 0 Å². The first kappa shape index (κ1) is 15.8. The van der Waals surface area contributed by atoms with Crippen LogP contribution >= 0.6 is 0 Å². The van der Waals surface area contributed by atoms with E-state index in [0.717, 1.165) is 5.56 Å². The highest BCUT2D eigenvalue weighted by atomic mass is 16.3. The molecule has 2 heterocycles. The quantitative estimate of drug-likeness (QED) is 0.526. The zero-order valence-electron chi connectivity index (χ0n) is 11.9. The Bertz CT molecular complexity index is 471. The van der Waals surface area contributed by atoms with Gasteiger partial charge < -0.3 is 20.6 Å². The lowest BCUT2D eigenvalue weighted by Gasteiger charge is -2.29. The molecular formula is C14H21N3O4. The van der Waals surface area contributed by atoms with Gasteiger partial charge in [0.2, 0.25) is 5.91 Å². The minimum atomic E-state index is -1.05. The third-order valence-electron chi connectivity index (χ3n) is 3.83. The standard InChI is InChI=1S/C14H21N3O4/c1-9(19)16-6-11-13(20)14(21)12(8-18)17(11)7-10-3-2-4-15-5-10/h2-5,11-14,18,20-21H,6-8H2,1H3,(H,16,19)/t11-,12-,13-,14-/m1/s1. The fourth-order valence-electron chi connectivity index (χ4n) is 2.73. The maximum absolute atomic E-state index is 11.1. The van der Waals surface area contributed by atoms with E-state index in [-0.39, 0.29) is 19.1 Å². The van der Waals surface area contributed by atoms with E-state index >= 15 is 0 Å². The predicted octanol–water partition coefficient (Wildman–Crippen LogP) is -1.52. The number of amides is 1. The molecule has 1 aliphatic heterocycles. The van der Waals surface area contributed by atoms with Gasteiger partial charge in [0.1, 0.15) is 0 Å². The first-order valence-electron chi connectivity index (χ1n) is 6.90. The highest BCUT2D eigenvalue weighted by Gasteiger charge is 2.46. The number of aromatic nitrogens is 1. The zero-order valence-corrected chi connectivity index (χ0v) is 11.9. The van der Waals surface area contributed by atoms with Gasteiger partial charge in [-0.05, 0) is 11.6 Å². The minimum absolute atomic E-state index is 0.203. The molecule has 4 N–H and O–H groups in total. The number of pyridine rings is 1. The Kier molecular flexibility index (Phi) is 5.24. The molecule has 21 heavy (non-hydrogen) atoms. The zero-order chi connectivity index (χ0) is 15.4. The van der Waals surface area contributed by atoms with Gasteiger partial charge in [0.25, 0.3) is 0 Å².